The van der Waals surface area contributed by atoms with Crippen molar-refractivity contribution in [2.45, 2.75) is 37.7 Å². The van der Waals surface area contributed by atoms with Crippen molar-refractivity contribution in [3.63, 3.8) is 0 Å². The summed E-state index contributed by atoms with van der Waals surface area (Å²) in [5.74, 6) is -0.620. The highest BCUT2D eigenvalue weighted by atomic mass is 32.2. The molecule has 2 aliphatic rings. The Labute approximate surface area is 205 Å². The SMILES string of the molecule is CC(C)(C)OC(=O)N1CCN(S(=O)(=O)c2ccc(CCN3C(=O)c4ccccc4C3=O)cc2)CC1. The van der Waals surface area contributed by atoms with Crippen LogP contribution in [0.1, 0.15) is 47.1 Å². The van der Waals surface area contributed by atoms with Crippen LogP contribution in [0.5, 0.6) is 0 Å². The first-order valence-electron chi connectivity index (χ1n) is 11.5. The van der Waals surface area contributed by atoms with E-state index >= 15 is 0 Å². The van der Waals surface area contributed by atoms with Gasteiger partial charge in [0.2, 0.25) is 10.0 Å². The third kappa shape index (κ3) is 5.23. The third-order valence-electron chi connectivity index (χ3n) is 5.95. The number of rotatable bonds is 5. The molecule has 0 radical (unpaired) electrons. The molecule has 0 aliphatic carbocycles. The summed E-state index contributed by atoms with van der Waals surface area (Å²) in [6.45, 7) is 6.45. The minimum atomic E-state index is -3.71. The zero-order chi connectivity index (χ0) is 25.4. The van der Waals surface area contributed by atoms with Gasteiger partial charge in [-0.1, -0.05) is 24.3 Å². The van der Waals surface area contributed by atoms with Gasteiger partial charge in [-0.25, -0.2) is 13.2 Å². The number of piperazine rings is 1. The predicted octanol–water partition coefficient (Wildman–Crippen LogP) is 2.77. The first-order valence-corrected chi connectivity index (χ1v) is 12.9. The van der Waals surface area contributed by atoms with Gasteiger partial charge in [0, 0.05) is 32.7 Å². The minimum absolute atomic E-state index is 0.160. The van der Waals surface area contributed by atoms with Crippen LogP contribution < -0.4 is 0 Å². The highest BCUT2D eigenvalue weighted by molar-refractivity contribution is 7.89. The quantitative estimate of drug-likeness (QED) is 0.586. The Hall–Kier alpha value is -3.24. The topological polar surface area (TPSA) is 104 Å². The Kier molecular flexibility index (Phi) is 6.70. The van der Waals surface area contributed by atoms with Gasteiger partial charge in [-0.05, 0) is 57.0 Å². The number of fused-ring (bicyclic) bond motifs is 1. The Morgan fingerprint density at radius 1 is 0.886 bits per heavy atom. The number of hydrogen-bond donors (Lipinski definition) is 0. The molecule has 0 atom stereocenters. The van der Waals surface area contributed by atoms with Gasteiger partial charge in [0.25, 0.3) is 11.8 Å². The monoisotopic (exact) mass is 499 g/mol. The average molecular weight is 500 g/mol. The largest absolute Gasteiger partial charge is 0.444 e. The fourth-order valence-electron chi connectivity index (χ4n) is 4.10. The maximum absolute atomic E-state index is 13.1. The van der Waals surface area contributed by atoms with Gasteiger partial charge in [-0.15, -0.1) is 0 Å². The van der Waals surface area contributed by atoms with Crippen molar-refractivity contribution in [3.05, 3.63) is 65.2 Å². The van der Waals surface area contributed by atoms with Gasteiger partial charge in [0.05, 0.1) is 16.0 Å². The summed E-state index contributed by atoms with van der Waals surface area (Å²) in [4.78, 5) is 40.1. The molecule has 0 saturated carbocycles. The lowest BCUT2D eigenvalue weighted by molar-refractivity contribution is 0.0192. The zero-order valence-electron chi connectivity index (χ0n) is 20.1. The van der Waals surface area contributed by atoms with E-state index in [1.165, 1.54) is 26.2 Å². The van der Waals surface area contributed by atoms with E-state index in [4.69, 9.17) is 4.74 Å². The molecule has 0 N–H and O–H groups in total. The van der Waals surface area contributed by atoms with Gasteiger partial charge in [-0.3, -0.25) is 14.5 Å². The average Bonchev–Trinajstić information content (AvgIpc) is 3.06. The standard InChI is InChI=1S/C25H29N3O6S/c1-25(2,3)34-24(31)26-14-16-27(17-15-26)35(32,33)19-10-8-18(9-11-19)12-13-28-22(29)20-6-4-5-7-21(20)23(28)30/h4-11H,12-17H2,1-3H3. The van der Waals surface area contributed by atoms with E-state index < -0.39 is 21.7 Å². The zero-order valence-corrected chi connectivity index (χ0v) is 20.9. The van der Waals surface area contributed by atoms with Crippen LogP contribution in [-0.2, 0) is 21.2 Å². The van der Waals surface area contributed by atoms with Crippen LogP contribution in [-0.4, -0.2) is 78.8 Å². The number of nitrogens with zero attached hydrogens (tertiary/aromatic N) is 3. The molecule has 0 unspecified atom stereocenters. The van der Waals surface area contributed by atoms with Crippen LogP contribution in [0.4, 0.5) is 4.79 Å². The van der Waals surface area contributed by atoms with Crippen molar-refractivity contribution in [1.82, 2.24) is 14.1 Å². The third-order valence-corrected chi connectivity index (χ3v) is 7.87. The van der Waals surface area contributed by atoms with Gasteiger partial charge < -0.3 is 9.64 Å². The second kappa shape index (κ2) is 9.43. The molecule has 2 aromatic carbocycles. The maximum atomic E-state index is 13.1. The van der Waals surface area contributed by atoms with Crippen LogP contribution in [0.3, 0.4) is 0 Å². The van der Waals surface area contributed by atoms with E-state index in [0.717, 1.165) is 5.56 Å². The van der Waals surface area contributed by atoms with Crippen LogP contribution in [0.15, 0.2) is 53.4 Å². The number of amides is 3. The molecular formula is C25H29N3O6S. The van der Waals surface area contributed by atoms with E-state index in [0.29, 0.717) is 17.5 Å². The molecule has 4 rings (SSSR count). The smallest absolute Gasteiger partial charge is 0.410 e. The molecule has 35 heavy (non-hydrogen) atoms. The van der Waals surface area contributed by atoms with Crippen molar-refractivity contribution >= 4 is 27.9 Å². The number of ether oxygens (including phenoxy) is 1. The first-order chi connectivity index (χ1) is 16.5. The fourth-order valence-corrected chi connectivity index (χ4v) is 5.52. The number of carbonyl (C=O) groups excluding carboxylic acids is 3. The molecule has 2 heterocycles. The van der Waals surface area contributed by atoms with Crippen LogP contribution in [0.25, 0.3) is 0 Å². The molecule has 0 aromatic heterocycles. The molecule has 1 fully saturated rings. The molecule has 2 aliphatic heterocycles. The maximum Gasteiger partial charge on any atom is 0.410 e. The normalized spacial score (nSPS) is 17.0. The van der Waals surface area contributed by atoms with Gasteiger partial charge >= 0.3 is 6.09 Å². The summed E-state index contributed by atoms with van der Waals surface area (Å²) in [6.07, 6.45) is -0.0302. The lowest BCUT2D eigenvalue weighted by atomic mass is 10.1. The molecule has 0 spiro atoms. The highest BCUT2D eigenvalue weighted by Gasteiger charge is 2.35. The number of imide groups is 1. The van der Waals surface area contributed by atoms with Crippen molar-refractivity contribution in [2.75, 3.05) is 32.7 Å². The van der Waals surface area contributed by atoms with Crippen LogP contribution in [0, 0.1) is 0 Å². The Balaban J connectivity index is 1.34. The summed E-state index contributed by atoms with van der Waals surface area (Å²) >= 11 is 0. The number of hydrogen-bond acceptors (Lipinski definition) is 6. The fraction of sp³-hybridized carbons (Fsp3) is 0.400. The lowest BCUT2D eigenvalue weighted by Gasteiger charge is -2.35. The summed E-state index contributed by atoms with van der Waals surface area (Å²) < 4.78 is 32.9. The Bertz CT molecular complexity index is 1210. The van der Waals surface area contributed by atoms with Crippen molar-refractivity contribution in [1.29, 1.82) is 0 Å². The van der Waals surface area contributed by atoms with Crippen molar-refractivity contribution < 1.29 is 27.5 Å². The van der Waals surface area contributed by atoms with E-state index in [-0.39, 0.29) is 49.4 Å². The second-order valence-electron chi connectivity index (χ2n) is 9.57. The van der Waals surface area contributed by atoms with E-state index in [1.54, 1.807) is 57.2 Å². The Morgan fingerprint density at radius 3 is 1.94 bits per heavy atom. The van der Waals surface area contributed by atoms with Crippen LogP contribution >= 0.6 is 0 Å². The van der Waals surface area contributed by atoms with Crippen molar-refractivity contribution in [2.24, 2.45) is 0 Å². The Morgan fingerprint density at radius 2 is 1.43 bits per heavy atom. The highest BCUT2D eigenvalue weighted by Crippen LogP contribution is 2.23. The van der Waals surface area contributed by atoms with Gasteiger partial charge in [0.15, 0.2) is 0 Å². The van der Waals surface area contributed by atoms with Crippen molar-refractivity contribution in [3.8, 4) is 0 Å². The second-order valence-corrected chi connectivity index (χ2v) is 11.5. The molecule has 186 valence electrons. The molecule has 3 amide bonds. The molecular weight excluding hydrogens is 470 g/mol. The van der Waals surface area contributed by atoms with Gasteiger partial charge in [-0.2, -0.15) is 4.31 Å². The number of sulfonamides is 1. The van der Waals surface area contributed by atoms with Crippen LogP contribution in [0.2, 0.25) is 0 Å². The molecule has 0 bridgehead atoms. The van der Waals surface area contributed by atoms with Gasteiger partial charge in [0.1, 0.15) is 5.60 Å². The lowest BCUT2D eigenvalue weighted by Crippen LogP contribution is -2.51. The van der Waals surface area contributed by atoms with E-state index in [1.807, 2.05) is 0 Å². The number of carbonyl (C=O) groups is 3. The number of benzene rings is 2. The molecule has 1 saturated heterocycles. The van der Waals surface area contributed by atoms with E-state index in [9.17, 15) is 22.8 Å². The summed E-state index contributed by atoms with van der Waals surface area (Å²) in [5.41, 5.74) is 1.02. The van der Waals surface area contributed by atoms with E-state index in [2.05, 4.69) is 0 Å². The summed E-state index contributed by atoms with van der Waals surface area (Å²) in [5, 5.41) is 0. The predicted molar refractivity (Wildman–Crippen MR) is 129 cm³/mol. The molecule has 9 nitrogen and oxygen atoms in total. The summed E-state index contributed by atoms with van der Waals surface area (Å²) in [6, 6.07) is 13.2. The first kappa shape index (κ1) is 24.9. The molecule has 2 aromatic rings. The summed E-state index contributed by atoms with van der Waals surface area (Å²) in [7, 11) is -3.71. The minimum Gasteiger partial charge on any atom is -0.444 e. The molecule has 10 heteroatoms.